The van der Waals surface area contributed by atoms with E-state index in [0.717, 1.165) is 26.6 Å². The lowest BCUT2D eigenvalue weighted by molar-refractivity contribution is -0.903. The van der Waals surface area contributed by atoms with Crippen LogP contribution in [0.2, 0.25) is 0 Å². The summed E-state index contributed by atoms with van der Waals surface area (Å²) in [6, 6.07) is 9.78. The van der Waals surface area contributed by atoms with Crippen molar-refractivity contribution in [2.75, 3.05) is 18.9 Å². The fraction of sp³-hybridized carbons (Fsp3) is 0.316. The number of nitrogens with one attached hydrogen (secondary N) is 2. The smallest absolute Gasteiger partial charge is 0.279 e. The number of anilines is 1. The van der Waals surface area contributed by atoms with Crippen LogP contribution >= 0.6 is 11.3 Å². The predicted molar refractivity (Wildman–Crippen MR) is 102 cm³/mol. The molecule has 1 aromatic carbocycles. The number of quaternary nitrogens is 1. The average molecular weight is 371 g/mol. The normalized spacial score (nSPS) is 13.4. The fourth-order valence-corrected chi connectivity index (χ4v) is 3.37. The molecule has 136 valence electrons. The summed E-state index contributed by atoms with van der Waals surface area (Å²) in [4.78, 5) is 14.4. The Hall–Kier alpha value is -2.51. The summed E-state index contributed by atoms with van der Waals surface area (Å²) >= 11 is 1.56. The second kappa shape index (κ2) is 7.80. The summed E-state index contributed by atoms with van der Waals surface area (Å²) in [6.45, 7) is 6.28. The van der Waals surface area contributed by atoms with E-state index in [1.807, 2.05) is 63.5 Å². The molecule has 1 amide bonds. The fourth-order valence-electron chi connectivity index (χ4n) is 2.72. The number of carbonyl (C=O) groups excluding carboxylic acids is 1. The van der Waals surface area contributed by atoms with Gasteiger partial charge in [0.05, 0.1) is 11.9 Å². The van der Waals surface area contributed by atoms with Gasteiger partial charge in [0, 0.05) is 5.69 Å². The van der Waals surface area contributed by atoms with Crippen LogP contribution in [0, 0.1) is 13.8 Å². The van der Waals surface area contributed by atoms with Crippen molar-refractivity contribution in [3.63, 3.8) is 0 Å². The minimum atomic E-state index is -0.0834. The van der Waals surface area contributed by atoms with Crippen LogP contribution in [0.5, 0.6) is 0 Å². The molecule has 0 bridgehead atoms. The molecule has 0 saturated heterocycles. The molecule has 0 fully saturated rings. The number of hydrogen-bond acceptors (Lipinski definition) is 5. The molecule has 2 heterocycles. The van der Waals surface area contributed by atoms with Crippen LogP contribution in [0.15, 0.2) is 40.1 Å². The number of nitrogens with zero attached hydrogens (tertiary/aromatic N) is 2. The summed E-state index contributed by atoms with van der Waals surface area (Å²) in [5.74, 6) is 1.02. The van der Waals surface area contributed by atoms with Gasteiger partial charge < -0.3 is 14.6 Å². The number of benzene rings is 1. The standard InChI is InChI=1S/C19H22N4O2S/c1-12-7-5-8-13(2)17(12)20-16(24)11-23(4)14(3)18-21-22-19(25-18)15-9-6-10-26-15/h5-10,14H,11H2,1-4H3,(H,20,24)/p+1/t14-/m1/s1. The zero-order valence-corrected chi connectivity index (χ0v) is 16.2. The molecule has 26 heavy (non-hydrogen) atoms. The minimum Gasteiger partial charge on any atom is -0.414 e. The van der Waals surface area contributed by atoms with Crippen LogP contribution in [0.25, 0.3) is 10.8 Å². The second-order valence-corrected chi connectivity index (χ2v) is 7.43. The molecule has 0 aliphatic heterocycles. The number of para-hydroxylation sites is 1. The first-order valence-corrected chi connectivity index (χ1v) is 9.39. The van der Waals surface area contributed by atoms with Gasteiger partial charge in [0.15, 0.2) is 12.6 Å². The van der Waals surface area contributed by atoms with Crippen molar-refractivity contribution < 1.29 is 14.1 Å². The van der Waals surface area contributed by atoms with E-state index in [0.29, 0.717) is 18.3 Å². The number of amides is 1. The molecular weight excluding hydrogens is 348 g/mol. The molecule has 3 aromatic rings. The Labute approximate surface area is 156 Å². The Balaban J connectivity index is 1.64. The molecule has 1 unspecified atom stereocenters. The molecule has 2 aromatic heterocycles. The highest BCUT2D eigenvalue weighted by atomic mass is 32.1. The van der Waals surface area contributed by atoms with Gasteiger partial charge in [-0.3, -0.25) is 4.79 Å². The van der Waals surface area contributed by atoms with E-state index in [9.17, 15) is 4.79 Å². The number of carbonyl (C=O) groups is 1. The van der Waals surface area contributed by atoms with E-state index in [1.54, 1.807) is 11.3 Å². The molecule has 3 rings (SSSR count). The summed E-state index contributed by atoms with van der Waals surface area (Å²) in [7, 11) is 1.95. The van der Waals surface area contributed by atoms with E-state index in [-0.39, 0.29) is 11.9 Å². The summed E-state index contributed by atoms with van der Waals surface area (Å²) in [6.07, 6.45) is 0. The molecule has 0 aliphatic rings. The van der Waals surface area contributed by atoms with Crippen LogP contribution < -0.4 is 10.2 Å². The van der Waals surface area contributed by atoms with E-state index in [1.165, 1.54) is 0 Å². The van der Waals surface area contributed by atoms with Gasteiger partial charge in [-0.15, -0.1) is 21.5 Å². The Morgan fingerprint density at radius 1 is 1.23 bits per heavy atom. The second-order valence-electron chi connectivity index (χ2n) is 6.48. The van der Waals surface area contributed by atoms with Crippen molar-refractivity contribution in [3.8, 4) is 10.8 Å². The Morgan fingerprint density at radius 3 is 2.62 bits per heavy atom. The van der Waals surface area contributed by atoms with Gasteiger partial charge in [-0.2, -0.15) is 0 Å². The van der Waals surface area contributed by atoms with E-state index in [4.69, 9.17) is 4.42 Å². The van der Waals surface area contributed by atoms with Crippen molar-refractivity contribution >= 4 is 22.9 Å². The Morgan fingerprint density at radius 2 is 1.96 bits per heavy atom. The number of hydrogen-bond donors (Lipinski definition) is 2. The van der Waals surface area contributed by atoms with Crippen LogP contribution in [0.1, 0.15) is 30.0 Å². The number of aryl methyl sites for hydroxylation is 2. The zero-order valence-electron chi connectivity index (χ0n) is 15.4. The van der Waals surface area contributed by atoms with Gasteiger partial charge in [0.2, 0.25) is 0 Å². The molecule has 0 aliphatic carbocycles. The zero-order chi connectivity index (χ0) is 18.7. The third-order valence-corrected chi connectivity index (χ3v) is 5.33. The maximum Gasteiger partial charge on any atom is 0.279 e. The molecule has 0 saturated carbocycles. The first-order valence-electron chi connectivity index (χ1n) is 8.51. The van der Waals surface area contributed by atoms with E-state index >= 15 is 0 Å². The van der Waals surface area contributed by atoms with Crippen LogP contribution in [0.4, 0.5) is 5.69 Å². The predicted octanol–water partition coefficient (Wildman–Crippen LogP) is 2.63. The summed E-state index contributed by atoms with van der Waals surface area (Å²) < 4.78 is 5.78. The lowest BCUT2D eigenvalue weighted by Crippen LogP contribution is -3.10. The number of rotatable bonds is 6. The van der Waals surface area contributed by atoms with Gasteiger partial charge in [0.25, 0.3) is 17.7 Å². The lowest BCUT2D eigenvalue weighted by Gasteiger charge is -2.19. The quantitative estimate of drug-likeness (QED) is 0.699. The third kappa shape index (κ3) is 4.00. The van der Waals surface area contributed by atoms with Crippen molar-refractivity contribution in [1.29, 1.82) is 0 Å². The highest BCUT2D eigenvalue weighted by Crippen LogP contribution is 2.24. The molecule has 7 heteroatoms. The first kappa shape index (κ1) is 18.3. The molecule has 6 nitrogen and oxygen atoms in total. The summed E-state index contributed by atoms with van der Waals surface area (Å²) in [5, 5.41) is 13.3. The maximum atomic E-state index is 12.5. The number of likely N-dealkylation sites (N-methyl/N-ethyl adjacent to an activating group) is 1. The van der Waals surface area contributed by atoms with Gasteiger partial charge in [-0.05, 0) is 43.3 Å². The van der Waals surface area contributed by atoms with Crippen molar-refractivity contribution in [3.05, 3.63) is 52.7 Å². The van der Waals surface area contributed by atoms with Gasteiger partial charge in [-0.1, -0.05) is 24.3 Å². The van der Waals surface area contributed by atoms with Gasteiger partial charge in [-0.25, -0.2) is 0 Å². The van der Waals surface area contributed by atoms with Gasteiger partial charge >= 0.3 is 0 Å². The van der Waals surface area contributed by atoms with Gasteiger partial charge in [0.1, 0.15) is 0 Å². The maximum absolute atomic E-state index is 12.5. The van der Waals surface area contributed by atoms with Crippen LogP contribution in [-0.4, -0.2) is 29.7 Å². The SMILES string of the molecule is Cc1cccc(C)c1NC(=O)C[NH+](C)[C@H](C)c1nnc(-c2cccs2)o1. The lowest BCUT2D eigenvalue weighted by atomic mass is 10.1. The highest BCUT2D eigenvalue weighted by Gasteiger charge is 2.25. The number of aromatic nitrogens is 2. The average Bonchev–Trinajstić information content (AvgIpc) is 3.28. The Bertz CT molecular complexity index is 869. The van der Waals surface area contributed by atoms with Crippen molar-refractivity contribution in [1.82, 2.24) is 10.2 Å². The molecule has 2 N–H and O–H groups in total. The first-order chi connectivity index (χ1) is 12.5. The van der Waals surface area contributed by atoms with Crippen molar-refractivity contribution in [2.45, 2.75) is 26.8 Å². The topological polar surface area (TPSA) is 72.5 Å². The monoisotopic (exact) mass is 371 g/mol. The highest BCUT2D eigenvalue weighted by molar-refractivity contribution is 7.13. The molecule has 0 spiro atoms. The van der Waals surface area contributed by atoms with Crippen molar-refractivity contribution in [2.24, 2.45) is 0 Å². The number of thiophene rings is 1. The largest absolute Gasteiger partial charge is 0.414 e. The van der Waals surface area contributed by atoms with E-state index in [2.05, 4.69) is 15.5 Å². The summed E-state index contributed by atoms with van der Waals surface area (Å²) in [5.41, 5.74) is 3.00. The third-order valence-electron chi connectivity index (χ3n) is 4.47. The van der Waals surface area contributed by atoms with E-state index < -0.39 is 0 Å². The Kier molecular flexibility index (Phi) is 5.49. The van der Waals surface area contributed by atoms with Crippen LogP contribution in [-0.2, 0) is 4.79 Å². The minimum absolute atomic E-state index is 0.0373. The van der Waals surface area contributed by atoms with Crippen LogP contribution in [0.3, 0.4) is 0 Å². The molecule has 2 atom stereocenters. The molecular formula is C19H23N4O2S+. The molecule has 0 radical (unpaired) electrons.